The summed E-state index contributed by atoms with van der Waals surface area (Å²) in [5.74, 6) is 0. The van der Waals surface area contributed by atoms with Crippen LogP contribution in [0.3, 0.4) is 0 Å². The molecule has 0 N–H and O–H groups in total. The van der Waals surface area contributed by atoms with Gasteiger partial charge in [-0.1, -0.05) is 12.1 Å². The van der Waals surface area contributed by atoms with E-state index in [1.165, 1.54) is 0 Å². The summed E-state index contributed by atoms with van der Waals surface area (Å²) in [5, 5.41) is 0. The molecule has 1 aliphatic heterocycles. The predicted octanol–water partition coefficient (Wildman–Crippen LogP) is 3.64. The number of likely N-dealkylation sites (tertiary alicyclic amines) is 1. The number of piperidine rings is 1. The summed E-state index contributed by atoms with van der Waals surface area (Å²) in [6.07, 6.45) is 2.21. The summed E-state index contributed by atoms with van der Waals surface area (Å²) < 4.78 is 34.9. The summed E-state index contributed by atoms with van der Waals surface area (Å²) in [6, 6.07) is 7.13. The number of rotatable bonds is 4. The maximum Gasteiger partial charge on any atom is 0.321 e. The van der Waals surface area contributed by atoms with Crippen LogP contribution in [0, 0.1) is 4.77 Å². The first kappa shape index (κ1) is 15.6. The highest BCUT2D eigenvalue weighted by Crippen LogP contribution is 2.25. The fraction of sp³-hybridized carbons (Fsp3) is 0.533. The number of imidazole rings is 1. The zero-order chi connectivity index (χ0) is 15.7. The number of alkyl halides is 2. The van der Waals surface area contributed by atoms with Gasteiger partial charge >= 0.3 is 6.55 Å². The molecule has 1 aromatic heterocycles. The smallest absolute Gasteiger partial charge is 0.321 e. The number of benzene rings is 1. The number of ether oxygens (including phenoxy) is 1. The quantitative estimate of drug-likeness (QED) is 0.801. The maximum atomic E-state index is 13.3. The van der Waals surface area contributed by atoms with Crippen molar-refractivity contribution in [3.8, 4) is 0 Å². The highest BCUT2D eigenvalue weighted by molar-refractivity contribution is 7.71. The normalized spacial score (nSPS) is 17.6. The lowest BCUT2D eigenvalue weighted by atomic mass is 10.1. The second-order valence-corrected chi connectivity index (χ2v) is 5.91. The number of hydrogen-bond donors (Lipinski definition) is 0. The van der Waals surface area contributed by atoms with Crippen LogP contribution in [-0.2, 0) is 11.4 Å². The molecule has 22 heavy (non-hydrogen) atoms. The average molecular weight is 327 g/mol. The fourth-order valence-electron chi connectivity index (χ4n) is 3.04. The Bertz CT molecular complexity index is 704. The van der Waals surface area contributed by atoms with Crippen LogP contribution >= 0.6 is 12.2 Å². The van der Waals surface area contributed by atoms with Crippen LogP contribution < -0.4 is 0 Å². The third-order valence-corrected chi connectivity index (χ3v) is 4.69. The van der Waals surface area contributed by atoms with Crippen molar-refractivity contribution in [1.29, 1.82) is 0 Å². The Labute approximate surface area is 132 Å². The number of hydrogen-bond acceptors (Lipinski definition) is 3. The van der Waals surface area contributed by atoms with Crippen molar-refractivity contribution in [3.63, 3.8) is 0 Å². The summed E-state index contributed by atoms with van der Waals surface area (Å²) in [4.78, 5) is 2.23. The number of halogens is 2. The van der Waals surface area contributed by atoms with E-state index >= 15 is 0 Å². The molecule has 0 amide bonds. The van der Waals surface area contributed by atoms with Gasteiger partial charge in [-0.3, -0.25) is 9.47 Å². The van der Waals surface area contributed by atoms with E-state index in [1.54, 1.807) is 23.8 Å². The van der Waals surface area contributed by atoms with Crippen LogP contribution in [0.15, 0.2) is 24.3 Å². The van der Waals surface area contributed by atoms with Gasteiger partial charge in [0.2, 0.25) is 0 Å². The maximum absolute atomic E-state index is 13.3. The van der Waals surface area contributed by atoms with Crippen molar-refractivity contribution in [2.24, 2.45) is 0 Å². The molecule has 2 aromatic rings. The third-order valence-electron chi connectivity index (χ3n) is 4.27. The Morgan fingerprint density at radius 2 is 1.86 bits per heavy atom. The molecule has 0 spiro atoms. The van der Waals surface area contributed by atoms with Gasteiger partial charge in [-0.15, -0.1) is 0 Å². The van der Waals surface area contributed by atoms with Crippen LogP contribution in [0.4, 0.5) is 8.78 Å². The van der Waals surface area contributed by atoms with E-state index < -0.39 is 6.55 Å². The van der Waals surface area contributed by atoms with Crippen LogP contribution in [0.5, 0.6) is 0 Å². The van der Waals surface area contributed by atoms with E-state index in [-0.39, 0.29) is 4.77 Å². The lowest BCUT2D eigenvalue weighted by molar-refractivity contribution is 0.0314. The Balaban J connectivity index is 1.91. The predicted molar refractivity (Wildman–Crippen MR) is 83.6 cm³/mol. The van der Waals surface area contributed by atoms with E-state index in [2.05, 4.69) is 4.90 Å². The second kappa shape index (κ2) is 6.44. The van der Waals surface area contributed by atoms with Gasteiger partial charge in [-0.25, -0.2) is 0 Å². The van der Waals surface area contributed by atoms with Crippen LogP contribution in [-0.4, -0.2) is 40.3 Å². The van der Waals surface area contributed by atoms with Crippen LogP contribution in [0.25, 0.3) is 11.0 Å². The molecule has 1 saturated heterocycles. The van der Waals surface area contributed by atoms with E-state index in [1.807, 2.05) is 12.1 Å². The van der Waals surface area contributed by atoms with Crippen LogP contribution in [0.1, 0.15) is 19.4 Å². The van der Waals surface area contributed by atoms with Gasteiger partial charge in [-0.05, 0) is 37.2 Å². The molecule has 1 fully saturated rings. The number of fused-ring (bicyclic) bond motifs is 1. The van der Waals surface area contributed by atoms with Gasteiger partial charge in [0, 0.05) is 20.2 Å². The molecule has 0 bridgehead atoms. The van der Waals surface area contributed by atoms with Crippen LogP contribution in [0.2, 0.25) is 0 Å². The van der Waals surface area contributed by atoms with Crippen molar-refractivity contribution < 1.29 is 13.5 Å². The van der Waals surface area contributed by atoms with Crippen molar-refractivity contribution in [3.05, 3.63) is 29.0 Å². The minimum Gasteiger partial charge on any atom is -0.381 e. The monoisotopic (exact) mass is 327 g/mol. The molecule has 0 atom stereocenters. The molecule has 0 radical (unpaired) electrons. The summed E-state index contributed by atoms with van der Waals surface area (Å²) >= 11 is 5.28. The number of aromatic nitrogens is 2. The van der Waals surface area contributed by atoms with Crippen molar-refractivity contribution >= 4 is 23.3 Å². The zero-order valence-corrected chi connectivity index (χ0v) is 13.2. The second-order valence-electron chi connectivity index (χ2n) is 5.54. The van der Waals surface area contributed by atoms with E-state index in [0.29, 0.717) is 18.3 Å². The first-order chi connectivity index (χ1) is 10.6. The topological polar surface area (TPSA) is 22.3 Å². The van der Waals surface area contributed by atoms with Crippen molar-refractivity contribution in [2.75, 3.05) is 20.2 Å². The molecule has 0 unspecified atom stereocenters. The first-order valence-electron chi connectivity index (χ1n) is 7.35. The summed E-state index contributed by atoms with van der Waals surface area (Å²) in [6.45, 7) is -0.323. The van der Waals surface area contributed by atoms with E-state index in [0.717, 1.165) is 36.0 Å². The van der Waals surface area contributed by atoms with Gasteiger partial charge in [0.05, 0.1) is 23.8 Å². The standard InChI is InChI=1S/C15H19F2N3OS/c1-21-11-6-8-18(9-7-11)10-19-12-4-2-3-5-13(12)20(14(16)17)15(19)22/h2-5,11,14H,6-10H2,1H3. The molecule has 4 nitrogen and oxygen atoms in total. The van der Waals surface area contributed by atoms with Crippen molar-refractivity contribution in [2.45, 2.75) is 32.2 Å². The lowest BCUT2D eigenvalue weighted by Gasteiger charge is -2.31. The van der Waals surface area contributed by atoms with Gasteiger partial charge in [0.15, 0.2) is 4.77 Å². The van der Waals surface area contributed by atoms with Gasteiger partial charge in [0.25, 0.3) is 0 Å². The highest BCUT2D eigenvalue weighted by atomic mass is 32.1. The molecule has 7 heteroatoms. The molecule has 3 rings (SSSR count). The lowest BCUT2D eigenvalue weighted by Crippen LogP contribution is -2.37. The number of methoxy groups -OCH3 is 1. The van der Waals surface area contributed by atoms with Gasteiger partial charge in [-0.2, -0.15) is 8.78 Å². The fourth-order valence-corrected chi connectivity index (χ4v) is 3.38. The molecule has 0 saturated carbocycles. The molecule has 1 aliphatic rings. The van der Waals surface area contributed by atoms with Gasteiger partial charge in [0.1, 0.15) is 0 Å². The molecular weight excluding hydrogens is 308 g/mol. The minimum atomic E-state index is -2.63. The SMILES string of the molecule is COC1CCN(Cn2c(=S)n(C(F)F)c3ccccc32)CC1. The van der Waals surface area contributed by atoms with E-state index in [4.69, 9.17) is 17.0 Å². The molecule has 1 aromatic carbocycles. The highest BCUT2D eigenvalue weighted by Gasteiger charge is 2.21. The molecular formula is C15H19F2N3OS. The minimum absolute atomic E-state index is 0.171. The molecule has 0 aliphatic carbocycles. The first-order valence-corrected chi connectivity index (χ1v) is 7.75. The average Bonchev–Trinajstić information content (AvgIpc) is 2.81. The van der Waals surface area contributed by atoms with Crippen molar-refractivity contribution in [1.82, 2.24) is 14.0 Å². The Kier molecular flexibility index (Phi) is 4.56. The third kappa shape index (κ3) is 2.80. The van der Waals surface area contributed by atoms with Gasteiger partial charge < -0.3 is 9.30 Å². The summed E-state index contributed by atoms with van der Waals surface area (Å²) in [7, 11) is 1.73. The Hall–Kier alpha value is -1.31. The summed E-state index contributed by atoms with van der Waals surface area (Å²) in [5.41, 5.74) is 1.23. The largest absolute Gasteiger partial charge is 0.381 e. The Morgan fingerprint density at radius 1 is 1.23 bits per heavy atom. The zero-order valence-electron chi connectivity index (χ0n) is 12.4. The number of nitrogens with zero attached hydrogens (tertiary/aromatic N) is 3. The number of para-hydroxylation sites is 2. The Morgan fingerprint density at radius 3 is 2.45 bits per heavy atom. The molecule has 2 heterocycles. The van der Waals surface area contributed by atoms with E-state index in [9.17, 15) is 8.78 Å². The molecule has 120 valence electrons.